The summed E-state index contributed by atoms with van der Waals surface area (Å²) in [5.74, 6) is -0.575. The average Bonchev–Trinajstić information content (AvgIpc) is 3.04. The molecule has 0 unspecified atom stereocenters. The van der Waals surface area contributed by atoms with E-state index in [4.69, 9.17) is 0 Å². The third-order valence-electron chi connectivity index (χ3n) is 4.08. The molecule has 6 nitrogen and oxygen atoms in total. The predicted molar refractivity (Wildman–Crippen MR) is 101 cm³/mol. The summed E-state index contributed by atoms with van der Waals surface area (Å²) < 4.78 is 25.4. The molecule has 0 aliphatic carbocycles. The molecule has 3 aromatic rings. The van der Waals surface area contributed by atoms with Gasteiger partial charge in [0, 0.05) is 16.5 Å². The highest BCUT2D eigenvalue weighted by molar-refractivity contribution is 7.90. The minimum atomic E-state index is -3.59. The lowest BCUT2D eigenvalue weighted by molar-refractivity contribution is -0.158. The predicted octanol–water partition coefficient (Wildman–Crippen LogP) is 3.11. The molecule has 0 aliphatic rings. The molecule has 0 fully saturated rings. The summed E-state index contributed by atoms with van der Waals surface area (Å²) in [4.78, 5) is 16.0. The van der Waals surface area contributed by atoms with Gasteiger partial charge >= 0.3 is 0 Å². The van der Waals surface area contributed by atoms with Crippen molar-refractivity contribution < 1.29 is 18.4 Å². The zero-order valence-corrected chi connectivity index (χ0v) is 15.7. The molecule has 26 heavy (non-hydrogen) atoms. The Hall–Kier alpha value is -2.29. The van der Waals surface area contributed by atoms with E-state index >= 15 is 0 Å². The fourth-order valence-electron chi connectivity index (χ4n) is 2.82. The van der Waals surface area contributed by atoms with Crippen LogP contribution in [0.4, 0.5) is 0 Å². The van der Waals surface area contributed by atoms with E-state index in [9.17, 15) is 18.4 Å². The Morgan fingerprint density at radius 3 is 2.77 bits per heavy atom. The number of hydrogen-bond donors (Lipinski definition) is 1. The van der Waals surface area contributed by atoms with E-state index in [-0.39, 0.29) is 17.9 Å². The van der Waals surface area contributed by atoms with Crippen LogP contribution in [0.3, 0.4) is 0 Å². The number of amides is 1. The molecule has 136 valence electrons. The molecule has 1 N–H and O–H groups in total. The number of hydroxylamine groups is 2. The van der Waals surface area contributed by atoms with E-state index in [0.29, 0.717) is 15.5 Å². The highest BCUT2D eigenvalue weighted by Gasteiger charge is 2.28. The quantitative estimate of drug-likeness (QED) is 0.380. The summed E-state index contributed by atoms with van der Waals surface area (Å²) >= 11 is 1.31. The summed E-state index contributed by atoms with van der Waals surface area (Å²) in [6.45, 7) is 1.82. The highest BCUT2D eigenvalue weighted by atomic mass is 32.2. The molecule has 2 aromatic heterocycles. The van der Waals surface area contributed by atoms with Crippen molar-refractivity contribution in [3.8, 4) is 0 Å². The van der Waals surface area contributed by atoms with Crippen LogP contribution >= 0.6 is 11.3 Å². The van der Waals surface area contributed by atoms with Crippen LogP contribution in [0.1, 0.15) is 22.0 Å². The molecule has 0 bridgehead atoms. The molecule has 1 aromatic carbocycles. The number of fused-ring (bicyclic) bond motifs is 1. The molecule has 1 atom stereocenters. The number of aromatic nitrogens is 1. The second kappa shape index (κ2) is 7.53. The van der Waals surface area contributed by atoms with Crippen molar-refractivity contribution in [2.75, 3.05) is 5.75 Å². The number of thiophene rings is 1. The minimum Gasteiger partial charge on any atom is -0.285 e. The Balaban J connectivity index is 1.85. The largest absolute Gasteiger partial charge is 0.285 e. The van der Waals surface area contributed by atoms with Crippen molar-refractivity contribution in [3.05, 3.63) is 64.0 Å². The van der Waals surface area contributed by atoms with Crippen molar-refractivity contribution >= 4 is 38.5 Å². The monoisotopic (exact) mass is 390 g/mol. The number of carbonyl (C=O) groups is 1. The van der Waals surface area contributed by atoms with Crippen LogP contribution in [-0.4, -0.2) is 35.8 Å². The van der Waals surface area contributed by atoms with Crippen molar-refractivity contribution in [3.63, 3.8) is 0 Å². The lowest BCUT2D eigenvalue weighted by atomic mass is 10.2. The van der Waals surface area contributed by atoms with Gasteiger partial charge < -0.3 is 0 Å². The fourth-order valence-corrected chi connectivity index (χ4v) is 5.53. The van der Waals surface area contributed by atoms with Crippen molar-refractivity contribution in [1.29, 1.82) is 0 Å². The topological polar surface area (TPSA) is 87.6 Å². The Bertz CT molecular complexity index is 1030. The van der Waals surface area contributed by atoms with Gasteiger partial charge in [-0.25, -0.2) is 13.5 Å². The van der Waals surface area contributed by atoms with Gasteiger partial charge in [-0.3, -0.25) is 15.0 Å². The smallest absolute Gasteiger partial charge is 0.233 e. The first-order chi connectivity index (χ1) is 12.4. The molecule has 2 heterocycles. The van der Waals surface area contributed by atoms with Crippen molar-refractivity contribution in [2.24, 2.45) is 0 Å². The number of carbonyl (C=O) groups excluding carboxylic acids is 1. The molecule has 0 spiro atoms. The van der Waals surface area contributed by atoms with Gasteiger partial charge in [-0.05, 0) is 41.6 Å². The maximum Gasteiger partial charge on any atom is 0.233 e. The Morgan fingerprint density at radius 1 is 1.31 bits per heavy atom. The number of rotatable bonds is 7. The summed E-state index contributed by atoms with van der Waals surface area (Å²) in [5, 5.41) is 13.0. The maximum absolute atomic E-state index is 12.7. The van der Waals surface area contributed by atoms with Gasteiger partial charge in [0.2, 0.25) is 6.41 Å². The number of sulfone groups is 1. The first-order valence-electron chi connectivity index (χ1n) is 7.90. The number of hydrogen-bond acceptors (Lipinski definition) is 6. The lowest BCUT2D eigenvalue weighted by Crippen LogP contribution is -2.30. The normalized spacial score (nSPS) is 12.8. The molecule has 0 radical (unpaired) electrons. The number of pyridine rings is 1. The SMILES string of the molecule is Cc1ccsc1[C@H](CS(=O)(=O)Cc1cnc2ccccc2c1)N(O)C=O. The second-order valence-corrected chi connectivity index (χ2v) is 9.12. The molecule has 0 aliphatic heterocycles. The Kier molecular flexibility index (Phi) is 5.36. The lowest BCUT2D eigenvalue weighted by Gasteiger charge is -2.22. The second-order valence-electron chi connectivity index (χ2n) is 6.06. The molecule has 3 rings (SSSR count). The van der Waals surface area contributed by atoms with E-state index in [2.05, 4.69) is 4.98 Å². The average molecular weight is 390 g/mol. The third-order valence-corrected chi connectivity index (χ3v) is 6.79. The van der Waals surface area contributed by atoms with E-state index in [1.807, 2.05) is 37.3 Å². The number of benzene rings is 1. The van der Waals surface area contributed by atoms with E-state index in [1.54, 1.807) is 17.6 Å². The summed E-state index contributed by atoms with van der Waals surface area (Å²) in [6, 6.07) is 10.2. The molecule has 8 heteroatoms. The molecule has 1 amide bonds. The first-order valence-corrected chi connectivity index (χ1v) is 10.6. The molecular weight excluding hydrogens is 372 g/mol. The van der Waals surface area contributed by atoms with Gasteiger partial charge in [0.1, 0.15) is 6.04 Å². The fraction of sp³-hybridized carbons (Fsp3) is 0.222. The highest BCUT2D eigenvalue weighted by Crippen LogP contribution is 2.29. The van der Waals surface area contributed by atoms with E-state index < -0.39 is 15.9 Å². The van der Waals surface area contributed by atoms with Gasteiger partial charge in [-0.1, -0.05) is 18.2 Å². The van der Waals surface area contributed by atoms with Gasteiger partial charge in [0.05, 0.1) is 17.0 Å². The van der Waals surface area contributed by atoms with Crippen molar-refractivity contribution in [1.82, 2.24) is 10.0 Å². The molecule has 0 saturated carbocycles. The number of nitrogens with zero attached hydrogens (tertiary/aromatic N) is 2. The molecule has 0 saturated heterocycles. The zero-order chi connectivity index (χ0) is 18.7. The van der Waals surface area contributed by atoms with Crippen LogP contribution < -0.4 is 0 Å². The van der Waals surface area contributed by atoms with Gasteiger partial charge in [0.15, 0.2) is 9.84 Å². The van der Waals surface area contributed by atoms with Gasteiger partial charge in [-0.2, -0.15) is 0 Å². The van der Waals surface area contributed by atoms with Crippen LogP contribution in [0.15, 0.2) is 48.0 Å². The van der Waals surface area contributed by atoms with Crippen LogP contribution in [0, 0.1) is 6.92 Å². The van der Waals surface area contributed by atoms with E-state index in [0.717, 1.165) is 16.5 Å². The molecular formula is C18H18N2O4S2. The summed E-state index contributed by atoms with van der Waals surface area (Å²) in [7, 11) is -3.59. The van der Waals surface area contributed by atoms with E-state index in [1.165, 1.54) is 11.3 Å². The standard InChI is InChI=1S/C18H18N2O4S2/c1-13-6-7-25-18(13)17(20(22)12-21)11-26(23,24)10-14-8-15-4-2-3-5-16(15)19-9-14/h2-9,12,17,22H,10-11H2,1H3/t17-/m0/s1. The summed E-state index contributed by atoms with van der Waals surface area (Å²) in [6.07, 6.45) is 1.78. The van der Waals surface area contributed by atoms with Gasteiger partial charge in [0.25, 0.3) is 0 Å². The van der Waals surface area contributed by atoms with Crippen LogP contribution in [0.5, 0.6) is 0 Å². The number of para-hydroxylation sites is 1. The van der Waals surface area contributed by atoms with Crippen molar-refractivity contribution in [2.45, 2.75) is 18.7 Å². The Morgan fingerprint density at radius 2 is 2.08 bits per heavy atom. The van der Waals surface area contributed by atoms with Crippen LogP contribution in [0.25, 0.3) is 10.9 Å². The van der Waals surface area contributed by atoms with Gasteiger partial charge in [-0.15, -0.1) is 11.3 Å². The van der Waals surface area contributed by atoms with Crippen LogP contribution in [-0.2, 0) is 20.4 Å². The number of aryl methyl sites for hydroxylation is 1. The maximum atomic E-state index is 12.7. The van der Waals surface area contributed by atoms with Crippen LogP contribution in [0.2, 0.25) is 0 Å². The minimum absolute atomic E-state index is 0.210. The third kappa shape index (κ3) is 4.09. The Labute approximate surface area is 155 Å². The zero-order valence-electron chi connectivity index (χ0n) is 14.1. The first kappa shape index (κ1) is 18.5. The summed E-state index contributed by atoms with van der Waals surface area (Å²) in [5.41, 5.74) is 2.20.